The number of rotatable bonds is 6. The molecule has 0 heterocycles. The highest BCUT2D eigenvalue weighted by Gasteiger charge is 2.47. The number of hydrogen-bond acceptors (Lipinski definition) is 5. The van der Waals surface area contributed by atoms with Gasteiger partial charge in [-0.05, 0) is 0 Å². The van der Waals surface area contributed by atoms with Crippen LogP contribution in [0.15, 0.2) is 0 Å². The van der Waals surface area contributed by atoms with Crippen molar-refractivity contribution in [2.75, 3.05) is 13.2 Å². The SMILES string of the molecule is O=C(O)C(CO)[P+](=O)C(CO)C(=O)O. The molecule has 0 fully saturated rings. The fourth-order valence-electron chi connectivity index (χ4n) is 0.752. The van der Waals surface area contributed by atoms with Gasteiger partial charge in [0.1, 0.15) is 13.2 Å². The number of hydrogen-bond donors (Lipinski definition) is 4. The van der Waals surface area contributed by atoms with Crippen LogP contribution in [0.5, 0.6) is 0 Å². The molecule has 7 nitrogen and oxygen atoms in total. The number of aliphatic hydroxyl groups excluding tert-OH is 2. The third-order valence-electron chi connectivity index (χ3n) is 1.53. The second-order valence-electron chi connectivity index (χ2n) is 2.43. The predicted octanol–water partition coefficient (Wildman–Crippen LogP) is -1.30. The Morgan fingerprint density at radius 1 is 1.00 bits per heavy atom. The lowest BCUT2D eigenvalue weighted by atomic mass is 10.4. The molecule has 0 amide bonds. The van der Waals surface area contributed by atoms with Crippen LogP contribution in [-0.4, -0.2) is 56.9 Å². The van der Waals surface area contributed by atoms with Crippen molar-refractivity contribution in [1.82, 2.24) is 0 Å². The highest BCUT2D eigenvalue weighted by atomic mass is 31.1. The quantitative estimate of drug-likeness (QED) is 0.413. The molecule has 0 aliphatic rings. The van der Waals surface area contributed by atoms with E-state index in [1.807, 2.05) is 0 Å². The fourth-order valence-corrected chi connectivity index (χ4v) is 1.94. The van der Waals surface area contributed by atoms with Crippen molar-refractivity contribution in [3.8, 4) is 0 Å². The summed E-state index contributed by atoms with van der Waals surface area (Å²) >= 11 is 0. The average molecular weight is 225 g/mol. The van der Waals surface area contributed by atoms with Crippen LogP contribution >= 0.6 is 7.80 Å². The van der Waals surface area contributed by atoms with Gasteiger partial charge in [0, 0.05) is 0 Å². The van der Waals surface area contributed by atoms with Gasteiger partial charge in [0.2, 0.25) is 0 Å². The third kappa shape index (κ3) is 3.02. The van der Waals surface area contributed by atoms with Gasteiger partial charge in [0.25, 0.3) is 11.3 Å². The minimum absolute atomic E-state index is 0.922. The van der Waals surface area contributed by atoms with E-state index in [4.69, 9.17) is 20.4 Å². The Labute approximate surface area is 79.8 Å². The second-order valence-corrected chi connectivity index (χ2v) is 4.40. The van der Waals surface area contributed by atoms with E-state index in [-0.39, 0.29) is 0 Å². The van der Waals surface area contributed by atoms with Crippen LogP contribution in [0.4, 0.5) is 0 Å². The average Bonchev–Trinajstić information content (AvgIpc) is 2.04. The van der Waals surface area contributed by atoms with E-state index in [0.29, 0.717) is 0 Å². The summed E-state index contributed by atoms with van der Waals surface area (Å²) in [4.78, 5) is 20.8. The van der Waals surface area contributed by atoms with Gasteiger partial charge in [-0.2, -0.15) is 0 Å². The zero-order valence-electron chi connectivity index (χ0n) is 7.03. The van der Waals surface area contributed by atoms with Gasteiger partial charge in [0.15, 0.2) is 0 Å². The normalized spacial score (nSPS) is 15.7. The fraction of sp³-hybridized carbons (Fsp3) is 0.667. The summed E-state index contributed by atoms with van der Waals surface area (Å²) in [5.74, 6) is -3.10. The van der Waals surface area contributed by atoms with Gasteiger partial charge in [-0.15, -0.1) is 0 Å². The van der Waals surface area contributed by atoms with Crippen molar-refractivity contribution in [2.24, 2.45) is 0 Å². The molecule has 14 heavy (non-hydrogen) atoms. The van der Waals surface area contributed by atoms with Crippen LogP contribution in [0.25, 0.3) is 0 Å². The Morgan fingerprint density at radius 2 is 1.29 bits per heavy atom. The Bertz CT molecular complexity index is 227. The molecule has 2 unspecified atom stereocenters. The maximum Gasteiger partial charge on any atom is 0.373 e. The van der Waals surface area contributed by atoms with Crippen molar-refractivity contribution in [3.63, 3.8) is 0 Å². The molecule has 4 N–H and O–H groups in total. The molecule has 0 rings (SSSR count). The van der Waals surface area contributed by atoms with E-state index in [1.54, 1.807) is 0 Å². The monoisotopic (exact) mass is 225 g/mol. The zero-order chi connectivity index (χ0) is 11.3. The van der Waals surface area contributed by atoms with E-state index in [9.17, 15) is 14.2 Å². The summed E-state index contributed by atoms with van der Waals surface area (Å²) in [6.07, 6.45) is 0. The molecule has 0 aliphatic carbocycles. The lowest BCUT2D eigenvalue weighted by molar-refractivity contribution is -0.137. The summed E-state index contributed by atoms with van der Waals surface area (Å²) in [5.41, 5.74) is -3.31. The maximum atomic E-state index is 11.3. The molecule has 80 valence electrons. The molecule has 0 aromatic heterocycles. The van der Waals surface area contributed by atoms with E-state index < -0.39 is 44.3 Å². The molecule has 0 spiro atoms. The maximum absolute atomic E-state index is 11.3. The summed E-state index contributed by atoms with van der Waals surface area (Å²) in [5, 5.41) is 34.0. The van der Waals surface area contributed by atoms with E-state index in [0.717, 1.165) is 0 Å². The first-order chi connectivity index (χ1) is 6.45. The molecule has 2 atom stereocenters. The van der Waals surface area contributed by atoms with Crippen LogP contribution < -0.4 is 0 Å². The molecular formula is C6H10O7P+. The first-order valence-electron chi connectivity index (χ1n) is 3.58. The van der Waals surface area contributed by atoms with Crippen LogP contribution in [0.2, 0.25) is 0 Å². The Balaban J connectivity index is 4.71. The van der Waals surface area contributed by atoms with Crippen LogP contribution in [0.3, 0.4) is 0 Å². The first kappa shape index (κ1) is 13.0. The number of carboxylic acid groups (broad SMARTS) is 2. The van der Waals surface area contributed by atoms with Crippen LogP contribution in [0.1, 0.15) is 0 Å². The lowest BCUT2D eigenvalue weighted by Gasteiger charge is -2.02. The van der Waals surface area contributed by atoms with Gasteiger partial charge >= 0.3 is 19.7 Å². The number of carbonyl (C=O) groups is 2. The van der Waals surface area contributed by atoms with Gasteiger partial charge < -0.3 is 20.4 Å². The molecule has 0 saturated carbocycles. The summed E-state index contributed by atoms with van der Waals surface area (Å²) in [6, 6.07) is 0. The van der Waals surface area contributed by atoms with Crippen molar-refractivity contribution in [3.05, 3.63) is 0 Å². The molecule has 0 aliphatic heterocycles. The standard InChI is InChI=1S/C6H9O7P/c7-1-3(5(9)10)14(13)4(2-8)6(11)12/h3-4,7-8H,1-2H2,(H-,9,10,11,12)/p+1. The van der Waals surface area contributed by atoms with Gasteiger partial charge in [-0.3, -0.25) is 0 Å². The Hall–Kier alpha value is -1.04. The minimum Gasteiger partial charge on any atom is -0.478 e. The molecule has 0 radical (unpaired) electrons. The zero-order valence-corrected chi connectivity index (χ0v) is 7.92. The summed E-state index contributed by atoms with van der Waals surface area (Å²) in [7, 11) is -2.74. The van der Waals surface area contributed by atoms with Crippen molar-refractivity contribution < 1.29 is 34.6 Å². The summed E-state index contributed by atoms with van der Waals surface area (Å²) < 4.78 is 11.3. The van der Waals surface area contributed by atoms with Gasteiger partial charge in [-0.1, -0.05) is 4.57 Å². The molecule has 0 aromatic carbocycles. The Kier molecular flexibility index (Phi) is 5.22. The second kappa shape index (κ2) is 5.64. The topological polar surface area (TPSA) is 132 Å². The van der Waals surface area contributed by atoms with Crippen molar-refractivity contribution in [1.29, 1.82) is 0 Å². The molecule has 0 aromatic rings. The number of aliphatic carboxylic acids is 2. The van der Waals surface area contributed by atoms with Crippen molar-refractivity contribution >= 4 is 19.7 Å². The molecular weight excluding hydrogens is 215 g/mol. The van der Waals surface area contributed by atoms with Crippen LogP contribution in [0, 0.1) is 0 Å². The van der Waals surface area contributed by atoms with E-state index >= 15 is 0 Å². The molecule has 0 bridgehead atoms. The highest BCUT2D eigenvalue weighted by Crippen LogP contribution is 2.34. The van der Waals surface area contributed by atoms with Crippen molar-refractivity contribution in [2.45, 2.75) is 11.3 Å². The predicted molar refractivity (Wildman–Crippen MR) is 44.6 cm³/mol. The lowest BCUT2D eigenvalue weighted by Crippen LogP contribution is -2.29. The largest absolute Gasteiger partial charge is 0.478 e. The number of carboxylic acids is 2. The Morgan fingerprint density at radius 3 is 1.43 bits per heavy atom. The number of aliphatic hydroxyl groups is 2. The van der Waals surface area contributed by atoms with Crippen LogP contribution in [-0.2, 0) is 14.2 Å². The highest BCUT2D eigenvalue weighted by molar-refractivity contribution is 7.48. The molecule has 8 heteroatoms. The summed E-state index contributed by atoms with van der Waals surface area (Å²) in [6.45, 7) is -1.84. The van der Waals surface area contributed by atoms with Gasteiger partial charge in [0.05, 0.1) is 0 Å². The minimum atomic E-state index is -2.74. The molecule has 0 saturated heterocycles. The van der Waals surface area contributed by atoms with E-state index in [1.165, 1.54) is 0 Å². The first-order valence-corrected chi connectivity index (χ1v) is 4.98. The van der Waals surface area contributed by atoms with Gasteiger partial charge in [-0.25, -0.2) is 9.59 Å². The third-order valence-corrected chi connectivity index (χ3v) is 3.53. The smallest absolute Gasteiger partial charge is 0.373 e. The van der Waals surface area contributed by atoms with E-state index in [2.05, 4.69) is 0 Å².